The van der Waals surface area contributed by atoms with Crippen LogP contribution in [0.2, 0.25) is 0 Å². The van der Waals surface area contributed by atoms with Crippen LogP contribution in [0.1, 0.15) is 32.4 Å². The number of hydrogen-bond donors (Lipinski definition) is 1. The van der Waals surface area contributed by atoms with Crippen LogP contribution in [0.4, 0.5) is 0 Å². The van der Waals surface area contributed by atoms with Crippen molar-refractivity contribution in [3.63, 3.8) is 0 Å². The molecule has 1 amide bonds. The Kier molecular flexibility index (Phi) is 7.07. The molecule has 0 bridgehead atoms. The van der Waals surface area contributed by atoms with Gasteiger partial charge in [0.2, 0.25) is 5.91 Å². The van der Waals surface area contributed by atoms with Crippen LogP contribution in [0.25, 0.3) is 16.5 Å². The fourth-order valence-electron chi connectivity index (χ4n) is 3.33. The lowest BCUT2D eigenvalue weighted by molar-refractivity contribution is -0.152. The average molecular weight is 454 g/mol. The number of fused-ring (bicyclic) bond motifs is 1. The number of benzene rings is 2. The zero-order chi connectivity index (χ0) is 24.1. The normalized spacial score (nSPS) is 12.6. The summed E-state index contributed by atoms with van der Waals surface area (Å²) < 4.78 is 16.5. The molecule has 3 rings (SSSR count). The standard InChI is InChI=1S/C23H22N2O8/c1-13(26)24-20(12-31-14(2)27)21(32-15(3)28)16-8-10-17(11-9-16)25-22(29)18-6-4-5-7-19(18)23(30)33-25/h4-11,20-21H,12H2,1-3H3,(H,24,26). The van der Waals surface area contributed by atoms with Crippen molar-refractivity contribution in [1.82, 2.24) is 10.1 Å². The lowest BCUT2D eigenvalue weighted by Gasteiger charge is -2.27. The van der Waals surface area contributed by atoms with Crippen molar-refractivity contribution in [2.24, 2.45) is 0 Å². The Morgan fingerprint density at radius 2 is 1.58 bits per heavy atom. The summed E-state index contributed by atoms with van der Waals surface area (Å²) in [7, 11) is 0. The molecule has 10 nitrogen and oxygen atoms in total. The van der Waals surface area contributed by atoms with Crippen LogP contribution >= 0.6 is 0 Å². The molecule has 2 atom stereocenters. The Morgan fingerprint density at radius 3 is 2.15 bits per heavy atom. The monoisotopic (exact) mass is 454 g/mol. The van der Waals surface area contributed by atoms with Gasteiger partial charge < -0.3 is 19.3 Å². The molecule has 1 heterocycles. The van der Waals surface area contributed by atoms with E-state index in [0.29, 0.717) is 5.56 Å². The van der Waals surface area contributed by atoms with E-state index in [0.717, 1.165) is 4.74 Å². The highest BCUT2D eigenvalue weighted by atomic mass is 16.6. The van der Waals surface area contributed by atoms with E-state index >= 15 is 0 Å². The van der Waals surface area contributed by atoms with Crippen LogP contribution in [0.5, 0.6) is 0 Å². The highest BCUT2D eigenvalue weighted by molar-refractivity contribution is 5.80. The molecule has 10 heteroatoms. The van der Waals surface area contributed by atoms with Crippen molar-refractivity contribution in [3.05, 3.63) is 74.9 Å². The van der Waals surface area contributed by atoms with Crippen LogP contribution in [-0.4, -0.2) is 35.2 Å². The third-order valence-corrected chi connectivity index (χ3v) is 4.71. The molecular formula is C23H22N2O8. The molecule has 0 aliphatic carbocycles. The topological polar surface area (TPSA) is 134 Å². The minimum atomic E-state index is -0.986. The van der Waals surface area contributed by atoms with Crippen LogP contribution in [-0.2, 0) is 23.9 Å². The lowest BCUT2D eigenvalue weighted by Crippen LogP contribution is -2.43. The molecule has 33 heavy (non-hydrogen) atoms. The number of carbonyl (C=O) groups is 3. The molecule has 0 saturated heterocycles. The smallest absolute Gasteiger partial charge is 0.364 e. The molecule has 0 radical (unpaired) electrons. The van der Waals surface area contributed by atoms with E-state index in [-0.39, 0.29) is 23.1 Å². The first-order valence-corrected chi connectivity index (χ1v) is 10.0. The van der Waals surface area contributed by atoms with Crippen LogP contribution in [0.3, 0.4) is 0 Å². The van der Waals surface area contributed by atoms with E-state index < -0.39 is 41.2 Å². The predicted molar refractivity (Wildman–Crippen MR) is 117 cm³/mol. The Morgan fingerprint density at radius 1 is 0.939 bits per heavy atom. The van der Waals surface area contributed by atoms with Crippen LogP contribution in [0, 0.1) is 0 Å². The number of amides is 1. The fourth-order valence-corrected chi connectivity index (χ4v) is 3.33. The van der Waals surface area contributed by atoms with Crippen molar-refractivity contribution in [1.29, 1.82) is 0 Å². The highest BCUT2D eigenvalue weighted by Crippen LogP contribution is 2.24. The van der Waals surface area contributed by atoms with Gasteiger partial charge in [0.25, 0.3) is 5.56 Å². The summed E-state index contributed by atoms with van der Waals surface area (Å²) in [6.07, 6.45) is -0.986. The molecule has 0 spiro atoms. The van der Waals surface area contributed by atoms with Gasteiger partial charge in [-0.3, -0.25) is 19.2 Å². The first-order chi connectivity index (χ1) is 15.7. The second-order valence-corrected chi connectivity index (χ2v) is 7.26. The molecule has 0 fully saturated rings. The predicted octanol–water partition coefficient (Wildman–Crippen LogP) is 1.62. The van der Waals surface area contributed by atoms with Gasteiger partial charge in [-0.05, 0) is 29.8 Å². The Labute approximate surface area is 187 Å². The molecule has 0 aliphatic rings. The summed E-state index contributed by atoms with van der Waals surface area (Å²) in [6.45, 7) is 3.48. The minimum Gasteiger partial charge on any atom is -0.464 e. The second kappa shape index (κ2) is 9.94. The molecule has 172 valence electrons. The summed E-state index contributed by atoms with van der Waals surface area (Å²) in [5.41, 5.74) is -0.458. The van der Waals surface area contributed by atoms with Crippen molar-refractivity contribution < 1.29 is 28.4 Å². The summed E-state index contributed by atoms with van der Waals surface area (Å²) >= 11 is 0. The first kappa shape index (κ1) is 23.5. The molecular weight excluding hydrogens is 432 g/mol. The van der Waals surface area contributed by atoms with Crippen molar-refractivity contribution in [3.8, 4) is 5.69 Å². The lowest BCUT2D eigenvalue weighted by atomic mass is 10.0. The average Bonchev–Trinajstić information content (AvgIpc) is 2.77. The maximum absolute atomic E-state index is 12.8. The minimum absolute atomic E-state index is 0.175. The maximum atomic E-state index is 12.8. The zero-order valence-electron chi connectivity index (χ0n) is 18.2. The maximum Gasteiger partial charge on any atom is 0.364 e. The third kappa shape index (κ3) is 5.53. The molecule has 2 unspecified atom stereocenters. The van der Waals surface area contributed by atoms with Gasteiger partial charge in [0.05, 0.1) is 16.5 Å². The Bertz CT molecular complexity index is 1310. The molecule has 3 aromatic rings. The van der Waals surface area contributed by atoms with Crippen LogP contribution < -0.4 is 16.5 Å². The molecule has 0 saturated carbocycles. The number of aromatic nitrogens is 1. The Balaban J connectivity index is 2.01. The van der Waals surface area contributed by atoms with E-state index in [1.807, 2.05) is 0 Å². The van der Waals surface area contributed by atoms with Crippen molar-refractivity contribution in [2.45, 2.75) is 32.9 Å². The number of ether oxygens (including phenoxy) is 2. The quantitative estimate of drug-likeness (QED) is 0.532. The number of nitrogens with zero attached hydrogens (tertiary/aromatic N) is 1. The van der Waals surface area contributed by atoms with Gasteiger partial charge in [0, 0.05) is 20.8 Å². The van der Waals surface area contributed by atoms with Gasteiger partial charge in [0.1, 0.15) is 12.6 Å². The molecule has 1 aromatic heterocycles. The summed E-state index contributed by atoms with van der Waals surface area (Å²) in [4.78, 5) is 59.7. The number of hydrogen-bond acceptors (Lipinski definition) is 8. The van der Waals surface area contributed by atoms with Gasteiger partial charge in [-0.1, -0.05) is 24.3 Å². The summed E-state index contributed by atoms with van der Waals surface area (Å²) in [6, 6.07) is 11.6. The van der Waals surface area contributed by atoms with E-state index in [9.17, 15) is 24.0 Å². The highest BCUT2D eigenvalue weighted by Gasteiger charge is 2.28. The Hall–Kier alpha value is -4.21. The SMILES string of the molecule is CC(=O)NC(COC(C)=O)C(OC(C)=O)c1ccc(-n2oc(=O)c3ccccc3c2=O)cc1. The fraction of sp³-hybridized carbons (Fsp3) is 0.261. The van der Waals surface area contributed by atoms with Gasteiger partial charge in [0.15, 0.2) is 6.10 Å². The number of rotatable bonds is 7. The largest absolute Gasteiger partial charge is 0.464 e. The number of nitrogens with one attached hydrogen (secondary N) is 1. The van der Waals surface area contributed by atoms with E-state index in [1.165, 1.54) is 45.0 Å². The van der Waals surface area contributed by atoms with Crippen molar-refractivity contribution >= 4 is 28.6 Å². The van der Waals surface area contributed by atoms with E-state index in [4.69, 9.17) is 14.0 Å². The molecule has 0 aliphatic heterocycles. The zero-order valence-corrected chi connectivity index (χ0v) is 18.2. The number of carbonyl (C=O) groups excluding carboxylic acids is 3. The molecule has 2 aromatic carbocycles. The van der Waals surface area contributed by atoms with Gasteiger partial charge in [-0.2, -0.15) is 0 Å². The third-order valence-electron chi connectivity index (χ3n) is 4.71. The second-order valence-electron chi connectivity index (χ2n) is 7.26. The summed E-state index contributed by atoms with van der Waals surface area (Å²) in [5.74, 6) is -1.59. The van der Waals surface area contributed by atoms with Gasteiger partial charge in [-0.15, -0.1) is 4.74 Å². The van der Waals surface area contributed by atoms with E-state index in [1.54, 1.807) is 24.3 Å². The van der Waals surface area contributed by atoms with E-state index in [2.05, 4.69) is 5.32 Å². The first-order valence-electron chi connectivity index (χ1n) is 10.0. The van der Waals surface area contributed by atoms with Gasteiger partial charge in [-0.25, -0.2) is 4.79 Å². The van der Waals surface area contributed by atoms with Crippen LogP contribution in [0.15, 0.2) is 62.6 Å². The van der Waals surface area contributed by atoms with Gasteiger partial charge >= 0.3 is 17.6 Å². The summed E-state index contributed by atoms with van der Waals surface area (Å²) in [5, 5.41) is 3.00. The molecule has 1 N–H and O–H groups in total. The van der Waals surface area contributed by atoms with Crippen molar-refractivity contribution in [2.75, 3.05) is 6.61 Å². The number of esters is 2.